The summed E-state index contributed by atoms with van der Waals surface area (Å²) in [6, 6.07) is 6.01. The third-order valence-corrected chi connectivity index (χ3v) is 3.70. The molecular formula is C16H17FN2O2S. The first-order valence-electron chi connectivity index (χ1n) is 6.78. The molecule has 1 aromatic heterocycles. The Hall–Kier alpha value is -2.21. The number of hydrogen-bond donors (Lipinski definition) is 0. The molecule has 0 bridgehead atoms. The van der Waals surface area contributed by atoms with Gasteiger partial charge in [-0.3, -0.25) is 0 Å². The summed E-state index contributed by atoms with van der Waals surface area (Å²) in [5.41, 5.74) is 1.87. The number of halogens is 1. The number of carbonyl (C=O) groups excluding carboxylic acids is 1. The molecule has 0 spiro atoms. The van der Waals surface area contributed by atoms with Gasteiger partial charge in [0.2, 0.25) is 0 Å². The Labute approximate surface area is 132 Å². The average Bonchev–Trinajstić information content (AvgIpc) is 2.90. The lowest BCUT2D eigenvalue weighted by molar-refractivity contribution is 0.0529. The first-order valence-corrected chi connectivity index (χ1v) is 7.66. The second-order valence-corrected chi connectivity index (χ2v) is 5.62. The van der Waals surface area contributed by atoms with Crippen LogP contribution in [0, 0.1) is 5.82 Å². The summed E-state index contributed by atoms with van der Waals surface area (Å²) < 4.78 is 18.2. The molecule has 116 valence electrons. The number of nitrogens with zero attached hydrogens (tertiary/aromatic N) is 2. The Morgan fingerprint density at radius 2 is 2.05 bits per heavy atom. The molecule has 0 aliphatic heterocycles. The minimum Gasteiger partial charge on any atom is -0.462 e. The standard InChI is InChI=1S/C16H17FN2O2S/c1-4-21-16(20)14-13(11-5-7-12(17)8-6-11)9-22-15(14)18-10-19(2)3/h5-10H,4H2,1-3H3. The number of esters is 1. The first kappa shape index (κ1) is 16.2. The predicted molar refractivity (Wildman–Crippen MR) is 87.5 cm³/mol. The molecule has 1 aromatic carbocycles. The molecule has 0 atom stereocenters. The Bertz CT molecular complexity index is 678. The SMILES string of the molecule is CCOC(=O)c1c(-c2ccc(F)cc2)csc1N=CN(C)C. The van der Waals surface area contributed by atoms with Gasteiger partial charge in [-0.05, 0) is 24.6 Å². The number of carbonyl (C=O) groups is 1. The summed E-state index contributed by atoms with van der Waals surface area (Å²) in [5, 5.41) is 2.41. The molecule has 0 fully saturated rings. The molecule has 0 N–H and O–H groups in total. The lowest BCUT2D eigenvalue weighted by atomic mass is 10.0. The Kier molecular flexibility index (Phi) is 5.27. The number of aliphatic imine (C=N–C) groups is 1. The minimum absolute atomic E-state index is 0.286. The van der Waals surface area contributed by atoms with Gasteiger partial charge in [0, 0.05) is 25.0 Å². The molecule has 0 saturated carbocycles. The van der Waals surface area contributed by atoms with Crippen LogP contribution >= 0.6 is 11.3 Å². The van der Waals surface area contributed by atoms with Gasteiger partial charge >= 0.3 is 5.97 Å². The number of benzene rings is 1. The van der Waals surface area contributed by atoms with Crippen LogP contribution in [-0.2, 0) is 4.74 Å². The van der Waals surface area contributed by atoms with E-state index >= 15 is 0 Å². The third kappa shape index (κ3) is 3.71. The van der Waals surface area contributed by atoms with E-state index in [-0.39, 0.29) is 12.4 Å². The molecule has 0 saturated heterocycles. The predicted octanol–water partition coefficient (Wildman–Crippen LogP) is 3.95. The van der Waals surface area contributed by atoms with E-state index in [0.717, 1.165) is 5.56 Å². The zero-order valence-corrected chi connectivity index (χ0v) is 13.5. The molecule has 0 unspecified atom stereocenters. The van der Waals surface area contributed by atoms with E-state index in [1.165, 1.54) is 23.5 Å². The summed E-state index contributed by atoms with van der Waals surface area (Å²) in [6.07, 6.45) is 1.63. The summed E-state index contributed by atoms with van der Waals surface area (Å²) in [5.74, 6) is -0.739. The monoisotopic (exact) mass is 320 g/mol. The van der Waals surface area contributed by atoms with E-state index in [4.69, 9.17) is 4.74 Å². The Morgan fingerprint density at radius 1 is 1.36 bits per heavy atom. The van der Waals surface area contributed by atoms with Gasteiger partial charge in [0.15, 0.2) is 0 Å². The topological polar surface area (TPSA) is 41.9 Å². The van der Waals surface area contributed by atoms with Gasteiger partial charge in [-0.15, -0.1) is 11.3 Å². The van der Waals surface area contributed by atoms with Gasteiger partial charge < -0.3 is 9.64 Å². The summed E-state index contributed by atoms with van der Waals surface area (Å²) in [4.78, 5) is 18.4. The van der Waals surface area contributed by atoms with Crippen molar-refractivity contribution in [3.05, 3.63) is 41.0 Å². The van der Waals surface area contributed by atoms with Crippen molar-refractivity contribution < 1.29 is 13.9 Å². The maximum Gasteiger partial charge on any atom is 0.341 e. The molecule has 0 aliphatic carbocycles. The average molecular weight is 320 g/mol. The molecule has 0 aliphatic rings. The van der Waals surface area contributed by atoms with E-state index in [2.05, 4.69) is 4.99 Å². The second-order valence-electron chi connectivity index (χ2n) is 4.77. The second kappa shape index (κ2) is 7.17. The number of thiophene rings is 1. The van der Waals surface area contributed by atoms with Crippen LogP contribution in [0.4, 0.5) is 9.39 Å². The lowest BCUT2D eigenvalue weighted by Crippen LogP contribution is -2.08. The van der Waals surface area contributed by atoms with Gasteiger partial charge in [0.25, 0.3) is 0 Å². The Morgan fingerprint density at radius 3 is 2.64 bits per heavy atom. The van der Waals surface area contributed by atoms with Crippen molar-refractivity contribution in [1.29, 1.82) is 0 Å². The van der Waals surface area contributed by atoms with Crippen molar-refractivity contribution in [2.45, 2.75) is 6.92 Å². The minimum atomic E-state index is -0.422. The molecule has 22 heavy (non-hydrogen) atoms. The maximum absolute atomic E-state index is 13.1. The first-order chi connectivity index (χ1) is 10.5. The van der Waals surface area contributed by atoms with Crippen molar-refractivity contribution >= 4 is 28.6 Å². The van der Waals surface area contributed by atoms with E-state index in [9.17, 15) is 9.18 Å². The van der Waals surface area contributed by atoms with Gasteiger partial charge in [-0.2, -0.15) is 0 Å². The molecule has 2 aromatic rings. The highest BCUT2D eigenvalue weighted by molar-refractivity contribution is 7.14. The molecule has 0 amide bonds. The van der Waals surface area contributed by atoms with E-state index in [1.807, 2.05) is 19.5 Å². The van der Waals surface area contributed by atoms with Gasteiger partial charge in [-0.1, -0.05) is 12.1 Å². The van der Waals surface area contributed by atoms with Crippen LogP contribution in [0.15, 0.2) is 34.6 Å². The van der Waals surface area contributed by atoms with Crippen LogP contribution < -0.4 is 0 Å². The molecular weight excluding hydrogens is 303 g/mol. The Balaban J connectivity index is 2.49. The molecule has 4 nitrogen and oxygen atoms in total. The smallest absolute Gasteiger partial charge is 0.341 e. The number of rotatable bonds is 5. The van der Waals surface area contributed by atoms with Crippen LogP contribution in [0.25, 0.3) is 11.1 Å². The fraction of sp³-hybridized carbons (Fsp3) is 0.250. The van der Waals surface area contributed by atoms with Crippen molar-refractivity contribution in [2.24, 2.45) is 4.99 Å². The van der Waals surface area contributed by atoms with Gasteiger partial charge in [0.1, 0.15) is 16.4 Å². The maximum atomic E-state index is 13.1. The molecule has 2 rings (SSSR count). The highest BCUT2D eigenvalue weighted by atomic mass is 32.1. The van der Waals surface area contributed by atoms with Crippen LogP contribution in [0.3, 0.4) is 0 Å². The summed E-state index contributed by atoms with van der Waals surface area (Å²) in [6.45, 7) is 2.04. The van der Waals surface area contributed by atoms with E-state index in [0.29, 0.717) is 16.1 Å². The van der Waals surface area contributed by atoms with Crippen molar-refractivity contribution in [2.75, 3.05) is 20.7 Å². The molecule has 0 radical (unpaired) electrons. The van der Waals surface area contributed by atoms with Gasteiger partial charge in [0.05, 0.1) is 12.9 Å². The third-order valence-electron chi connectivity index (χ3n) is 2.81. The zero-order chi connectivity index (χ0) is 16.1. The fourth-order valence-corrected chi connectivity index (χ4v) is 2.76. The van der Waals surface area contributed by atoms with Crippen molar-refractivity contribution in [3.63, 3.8) is 0 Å². The largest absolute Gasteiger partial charge is 0.462 e. The highest BCUT2D eigenvalue weighted by Gasteiger charge is 2.21. The van der Waals surface area contributed by atoms with Crippen LogP contribution in [0.1, 0.15) is 17.3 Å². The van der Waals surface area contributed by atoms with Gasteiger partial charge in [-0.25, -0.2) is 14.2 Å². The molecule has 1 heterocycles. The van der Waals surface area contributed by atoms with Crippen LogP contribution in [-0.4, -0.2) is 37.9 Å². The number of ether oxygens (including phenoxy) is 1. The number of hydrogen-bond acceptors (Lipinski definition) is 4. The summed E-state index contributed by atoms with van der Waals surface area (Å²) >= 11 is 1.35. The van der Waals surface area contributed by atoms with Crippen molar-refractivity contribution in [1.82, 2.24) is 4.90 Å². The summed E-state index contributed by atoms with van der Waals surface area (Å²) in [7, 11) is 3.70. The quantitative estimate of drug-likeness (QED) is 0.476. The van der Waals surface area contributed by atoms with Crippen LogP contribution in [0.5, 0.6) is 0 Å². The van der Waals surface area contributed by atoms with E-state index in [1.54, 1.807) is 30.3 Å². The van der Waals surface area contributed by atoms with Crippen LogP contribution in [0.2, 0.25) is 0 Å². The lowest BCUT2D eigenvalue weighted by Gasteiger charge is -2.06. The van der Waals surface area contributed by atoms with Crippen molar-refractivity contribution in [3.8, 4) is 11.1 Å². The highest BCUT2D eigenvalue weighted by Crippen LogP contribution is 2.37. The molecule has 6 heteroatoms. The zero-order valence-electron chi connectivity index (χ0n) is 12.7. The fourth-order valence-electron chi connectivity index (χ4n) is 1.85. The van der Waals surface area contributed by atoms with E-state index < -0.39 is 5.97 Å². The normalized spacial score (nSPS) is 10.9.